The maximum Gasteiger partial charge on any atom is 0.311 e. The molecule has 1 heterocycles. The van der Waals surface area contributed by atoms with Crippen LogP contribution in [0.4, 0.5) is 0 Å². The second-order valence-electron chi connectivity index (χ2n) is 6.61. The van der Waals surface area contributed by atoms with Gasteiger partial charge in [0.05, 0.1) is 11.5 Å². The van der Waals surface area contributed by atoms with Gasteiger partial charge in [-0.25, -0.2) is 0 Å². The van der Waals surface area contributed by atoms with Gasteiger partial charge in [-0.05, 0) is 33.6 Å². The summed E-state index contributed by atoms with van der Waals surface area (Å²) in [4.78, 5) is 11.9. The van der Waals surface area contributed by atoms with E-state index in [9.17, 15) is 13.2 Å². The third-order valence-electron chi connectivity index (χ3n) is 4.24. The van der Waals surface area contributed by atoms with E-state index in [4.69, 9.17) is 8.92 Å². The van der Waals surface area contributed by atoms with E-state index in [1.165, 1.54) is 0 Å². The van der Waals surface area contributed by atoms with Crippen LogP contribution < -0.4 is 0 Å². The molecule has 0 amide bonds. The number of hydrogen-bond acceptors (Lipinski definition) is 5. The van der Waals surface area contributed by atoms with Crippen molar-refractivity contribution < 1.29 is 22.1 Å². The first kappa shape index (κ1) is 12.4. The molecule has 1 saturated heterocycles. The van der Waals surface area contributed by atoms with Gasteiger partial charge < -0.3 is 4.74 Å². The van der Waals surface area contributed by atoms with Crippen molar-refractivity contribution in [2.75, 3.05) is 0 Å². The Morgan fingerprint density at radius 1 is 1.28 bits per heavy atom. The Balaban J connectivity index is 1.85. The summed E-state index contributed by atoms with van der Waals surface area (Å²) in [5.74, 6) is -0.162. The lowest BCUT2D eigenvalue weighted by Crippen LogP contribution is -2.41. The summed E-state index contributed by atoms with van der Waals surface area (Å²) in [6.07, 6.45) is 0.819. The van der Waals surface area contributed by atoms with E-state index >= 15 is 0 Å². The normalized spacial score (nSPS) is 44.3. The summed E-state index contributed by atoms with van der Waals surface area (Å²) in [5.41, 5.74) is -0.607. The molecule has 0 spiro atoms. The fourth-order valence-electron chi connectivity index (χ4n) is 3.39. The molecule has 1 aliphatic heterocycles. The molecule has 0 aromatic heterocycles. The van der Waals surface area contributed by atoms with E-state index in [-0.39, 0.29) is 23.9 Å². The highest BCUT2D eigenvalue weighted by molar-refractivity contribution is 7.87. The van der Waals surface area contributed by atoms with E-state index in [0.717, 1.165) is 6.42 Å². The third kappa shape index (κ3) is 1.61. The zero-order chi connectivity index (χ0) is 13.3. The monoisotopic (exact) mass is 274 g/mol. The van der Waals surface area contributed by atoms with Crippen LogP contribution in [-0.4, -0.2) is 31.8 Å². The van der Waals surface area contributed by atoms with E-state index in [1.54, 1.807) is 20.8 Å². The molecule has 0 aromatic rings. The molecule has 102 valence electrons. The molecule has 2 aliphatic carbocycles. The molecule has 0 N–H and O–H groups in total. The van der Waals surface area contributed by atoms with Gasteiger partial charge in [0.2, 0.25) is 0 Å². The van der Waals surface area contributed by atoms with E-state index in [0.29, 0.717) is 6.42 Å². The number of carbonyl (C=O) groups excluding carboxylic acids is 1. The molecule has 5 atom stereocenters. The van der Waals surface area contributed by atoms with Crippen LogP contribution in [0, 0.1) is 17.3 Å². The zero-order valence-corrected chi connectivity index (χ0v) is 11.6. The van der Waals surface area contributed by atoms with Gasteiger partial charge in [0, 0.05) is 11.8 Å². The fourth-order valence-corrected chi connectivity index (χ4v) is 5.40. The lowest BCUT2D eigenvalue weighted by atomic mass is 9.93. The zero-order valence-electron chi connectivity index (χ0n) is 10.8. The maximum absolute atomic E-state index is 11.9. The van der Waals surface area contributed by atoms with Gasteiger partial charge >= 0.3 is 5.97 Å². The molecule has 0 aromatic carbocycles. The van der Waals surface area contributed by atoms with Crippen LogP contribution in [0.5, 0.6) is 0 Å². The maximum atomic E-state index is 11.9. The van der Waals surface area contributed by atoms with Gasteiger partial charge in [-0.15, -0.1) is 0 Å². The van der Waals surface area contributed by atoms with Gasteiger partial charge in [0.1, 0.15) is 11.4 Å². The van der Waals surface area contributed by atoms with Gasteiger partial charge in [-0.1, -0.05) is 0 Å². The van der Waals surface area contributed by atoms with Gasteiger partial charge in [0.25, 0.3) is 10.1 Å². The Bertz CT molecular complexity index is 487. The van der Waals surface area contributed by atoms with Crippen molar-refractivity contribution in [3.63, 3.8) is 0 Å². The third-order valence-corrected chi connectivity index (χ3v) is 6.04. The minimum Gasteiger partial charge on any atom is -0.460 e. The van der Waals surface area contributed by atoms with Crippen LogP contribution in [-0.2, 0) is 23.8 Å². The van der Waals surface area contributed by atoms with Crippen molar-refractivity contribution in [1.82, 2.24) is 0 Å². The molecule has 3 aliphatic rings. The number of hydrogen-bond donors (Lipinski definition) is 0. The minimum atomic E-state index is -3.55. The highest BCUT2D eigenvalue weighted by Crippen LogP contribution is 2.55. The molecule has 2 saturated carbocycles. The second-order valence-corrected chi connectivity index (χ2v) is 8.33. The number of fused-ring (bicyclic) bond motifs is 1. The summed E-state index contributed by atoms with van der Waals surface area (Å²) < 4.78 is 34.4. The van der Waals surface area contributed by atoms with E-state index < -0.39 is 26.9 Å². The lowest BCUT2D eigenvalue weighted by Gasteiger charge is -2.28. The summed E-state index contributed by atoms with van der Waals surface area (Å²) in [6.45, 7) is 5.31. The Morgan fingerprint density at radius 3 is 2.56 bits per heavy atom. The second kappa shape index (κ2) is 3.48. The van der Waals surface area contributed by atoms with Crippen LogP contribution >= 0.6 is 0 Å². The van der Waals surface area contributed by atoms with Gasteiger partial charge in [-0.3, -0.25) is 8.98 Å². The van der Waals surface area contributed by atoms with Crippen LogP contribution in [0.2, 0.25) is 0 Å². The lowest BCUT2D eigenvalue weighted by molar-refractivity contribution is -0.160. The molecule has 6 heteroatoms. The molecular formula is C12H18O5S. The average Bonchev–Trinajstić information content (AvgIpc) is 2.75. The molecule has 3 rings (SSSR count). The molecule has 5 nitrogen and oxygen atoms in total. The molecule has 3 fully saturated rings. The molecule has 2 bridgehead atoms. The van der Waals surface area contributed by atoms with Crippen LogP contribution in [0.3, 0.4) is 0 Å². The SMILES string of the molecule is CC(C)(C)C(=O)OC1C2CC3OS(=O)(=O)C1C3C2. The first-order chi connectivity index (χ1) is 8.20. The van der Waals surface area contributed by atoms with Crippen molar-refractivity contribution in [2.24, 2.45) is 17.3 Å². The van der Waals surface area contributed by atoms with Gasteiger partial charge in [0.15, 0.2) is 0 Å². The Morgan fingerprint density at radius 2 is 1.94 bits per heavy atom. The first-order valence-corrected chi connectivity index (χ1v) is 7.80. The highest BCUT2D eigenvalue weighted by atomic mass is 32.2. The first-order valence-electron chi connectivity index (χ1n) is 6.33. The van der Waals surface area contributed by atoms with Crippen LogP contribution in [0.15, 0.2) is 0 Å². The van der Waals surface area contributed by atoms with Crippen molar-refractivity contribution in [1.29, 1.82) is 0 Å². The fraction of sp³-hybridized carbons (Fsp3) is 0.917. The largest absolute Gasteiger partial charge is 0.460 e. The number of rotatable bonds is 1. The average molecular weight is 274 g/mol. The summed E-state index contributed by atoms with van der Waals surface area (Å²) in [7, 11) is -3.55. The van der Waals surface area contributed by atoms with Gasteiger partial charge in [-0.2, -0.15) is 8.42 Å². The van der Waals surface area contributed by atoms with Crippen molar-refractivity contribution in [3.8, 4) is 0 Å². The predicted octanol–water partition coefficient (Wildman–Crippen LogP) is 1.08. The van der Waals surface area contributed by atoms with Crippen molar-refractivity contribution in [2.45, 2.75) is 51.1 Å². The predicted molar refractivity (Wildman–Crippen MR) is 63.1 cm³/mol. The molecular weight excluding hydrogens is 256 g/mol. The Labute approximate surface area is 107 Å². The van der Waals surface area contributed by atoms with Crippen molar-refractivity contribution in [3.05, 3.63) is 0 Å². The van der Waals surface area contributed by atoms with Crippen molar-refractivity contribution >= 4 is 16.1 Å². The Hall–Kier alpha value is -0.620. The quantitative estimate of drug-likeness (QED) is 0.528. The Kier molecular flexibility index (Phi) is 2.40. The summed E-state index contributed by atoms with van der Waals surface area (Å²) in [6, 6.07) is 0. The smallest absolute Gasteiger partial charge is 0.311 e. The minimum absolute atomic E-state index is 0.0257. The topological polar surface area (TPSA) is 69.7 Å². The number of ether oxygens (including phenoxy) is 1. The van der Waals surface area contributed by atoms with E-state index in [2.05, 4.69) is 0 Å². The highest BCUT2D eigenvalue weighted by Gasteiger charge is 2.66. The molecule has 5 unspecified atom stereocenters. The number of carbonyl (C=O) groups is 1. The van der Waals surface area contributed by atoms with E-state index in [1.807, 2.05) is 0 Å². The summed E-state index contributed by atoms with van der Waals surface area (Å²) in [5, 5.41) is -0.632. The molecule has 0 radical (unpaired) electrons. The standard InChI is InChI=1S/C12H18O5S/c1-12(2,3)11(13)16-9-6-4-7-8(5-6)17-18(14,15)10(7)9/h6-10H,4-5H2,1-3H3. The summed E-state index contributed by atoms with van der Waals surface area (Å²) >= 11 is 0. The molecule has 18 heavy (non-hydrogen) atoms. The van der Waals surface area contributed by atoms with Crippen LogP contribution in [0.1, 0.15) is 33.6 Å². The number of esters is 1. The van der Waals surface area contributed by atoms with Crippen LogP contribution in [0.25, 0.3) is 0 Å².